The van der Waals surface area contributed by atoms with E-state index in [1.807, 2.05) is 0 Å². The van der Waals surface area contributed by atoms with Crippen LogP contribution in [0.4, 0.5) is 14.5 Å². The van der Waals surface area contributed by atoms with Gasteiger partial charge in [-0.05, 0) is 24.3 Å². The Labute approximate surface area is 142 Å². The van der Waals surface area contributed by atoms with Gasteiger partial charge in [0.2, 0.25) is 0 Å². The predicted octanol–water partition coefficient (Wildman–Crippen LogP) is 5.94. The summed E-state index contributed by atoms with van der Waals surface area (Å²) in [6.07, 6.45) is 0. The van der Waals surface area contributed by atoms with Crippen molar-refractivity contribution in [2.75, 3.05) is 5.32 Å². The molecule has 21 heavy (non-hydrogen) atoms. The summed E-state index contributed by atoms with van der Waals surface area (Å²) >= 11 is 20.4. The Morgan fingerprint density at radius 3 is 2.05 bits per heavy atom. The van der Waals surface area contributed by atoms with E-state index in [9.17, 15) is 13.6 Å². The van der Waals surface area contributed by atoms with E-state index in [1.165, 1.54) is 12.1 Å². The molecule has 0 unspecified atom stereocenters. The van der Waals surface area contributed by atoms with Crippen molar-refractivity contribution in [3.8, 4) is 0 Å². The van der Waals surface area contributed by atoms with E-state index in [2.05, 4.69) is 21.2 Å². The van der Waals surface area contributed by atoms with Crippen molar-refractivity contribution in [2.45, 2.75) is 0 Å². The molecule has 0 fully saturated rings. The van der Waals surface area contributed by atoms with Crippen LogP contribution in [0.15, 0.2) is 28.7 Å². The fourth-order valence-corrected chi connectivity index (χ4v) is 2.56. The van der Waals surface area contributed by atoms with Crippen molar-refractivity contribution < 1.29 is 13.6 Å². The molecule has 0 aliphatic heterocycles. The first-order valence-electron chi connectivity index (χ1n) is 5.40. The quantitative estimate of drug-likeness (QED) is 0.605. The first-order valence-corrected chi connectivity index (χ1v) is 7.32. The smallest absolute Gasteiger partial charge is 0.261 e. The molecule has 2 aromatic rings. The van der Waals surface area contributed by atoms with E-state index < -0.39 is 23.1 Å². The third kappa shape index (κ3) is 3.66. The van der Waals surface area contributed by atoms with E-state index in [0.717, 1.165) is 12.1 Å². The van der Waals surface area contributed by atoms with Crippen LogP contribution in [-0.4, -0.2) is 5.91 Å². The van der Waals surface area contributed by atoms with E-state index >= 15 is 0 Å². The Morgan fingerprint density at radius 2 is 1.48 bits per heavy atom. The van der Waals surface area contributed by atoms with Crippen LogP contribution in [0.3, 0.4) is 0 Å². The number of halogens is 6. The maximum atomic E-state index is 13.7. The lowest BCUT2D eigenvalue weighted by Crippen LogP contribution is -2.16. The molecule has 0 heterocycles. The molecule has 0 aliphatic carbocycles. The largest absolute Gasteiger partial charge is 0.320 e. The highest BCUT2D eigenvalue weighted by Crippen LogP contribution is 2.32. The fourth-order valence-electron chi connectivity index (χ4n) is 1.56. The van der Waals surface area contributed by atoms with Crippen LogP contribution in [-0.2, 0) is 0 Å². The molecule has 0 spiro atoms. The molecule has 1 amide bonds. The van der Waals surface area contributed by atoms with Crippen LogP contribution in [0, 0.1) is 11.6 Å². The number of hydrogen-bond acceptors (Lipinski definition) is 1. The van der Waals surface area contributed by atoms with E-state index in [4.69, 9.17) is 34.8 Å². The van der Waals surface area contributed by atoms with Crippen molar-refractivity contribution in [3.05, 3.63) is 61.0 Å². The lowest BCUT2D eigenvalue weighted by molar-refractivity contribution is 0.101. The topological polar surface area (TPSA) is 29.1 Å². The predicted molar refractivity (Wildman–Crippen MR) is 83.5 cm³/mol. The molecule has 0 aliphatic rings. The molecule has 0 radical (unpaired) electrons. The van der Waals surface area contributed by atoms with E-state index in [0.29, 0.717) is 0 Å². The maximum absolute atomic E-state index is 13.7. The van der Waals surface area contributed by atoms with Gasteiger partial charge in [0.15, 0.2) is 0 Å². The molecule has 0 bridgehead atoms. The lowest BCUT2D eigenvalue weighted by Gasteiger charge is -2.10. The highest BCUT2D eigenvalue weighted by Gasteiger charge is 2.19. The van der Waals surface area contributed by atoms with E-state index in [1.54, 1.807) is 0 Å². The number of anilines is 1. The minimum atomic E-state index is -1.00. The van der Waals surface area contributed by atoms with Gasteiger partial charge in [0.1, 0.15) is 17.2 Å². The Hall–Kier alpha value is -0.880. The number of benzene rings is 2. The second-order valence-electron chi connectivity index (χ2n) is 3.94. The van der Waals surface area contributed by atoms with Crippen molar-refractivity contribution >= 4 is 62.3 Å². The normalized spacial score (nSPS) is 10.6. The van der Waals surface area contributed by atoms with Gasteiger partial charge in [0.05, 0.1) is 20.8 Å². The molecule has 0 aromatic heterocycles. The van der Waals surface area contributed by atoms with Crippen molar-refractivity contribution in [2.24, 2.45) is 0 Å². The molecular weight excluding hydrogens is 410 g/mol. The van der Waals surface area contributed by atoms with Crippen LogP contribution in [0.2, 0.25) is 15.1 Å². The first kappa shape index (κ1) is 16.5. The molecule has 0 saturated heterocycles. The summed E-state index contributed by atoms with van der Waals surface area (Å²) in [6.45, 7) is 0. The van der Waals surface area contributed by atoms with Gasteiger partial charge in [-0.1, -0.05) is 50.7 Å². The molecule has 8 heteroatoms. The Kier molecular flexibility index (Phi) is 5.09. The maximum Gasteiger partial charge on any atom is 0.261 e. The lowest BCUT2D eigenvalue weighted by atomic mass is 10.1. The van der Waals surface area contributed by atoms with Gasteiger partial charge in [-0.25, -0.2) is 8.78 Å². The number of rotatable bonds is 2. The first-order chi connectivity index (χ1) is 9.79. The second kappa shape index (κ2) is 6.48. The zero-order chi connectivity index (χ0) is 15.7. The molecule has 2 nitrogen and oxygen atoms in total. The molecule has 110 valence electrons. The SMILES string of the molecule is O=C(Nc1cc(Cl)c(Cl)cc1Cl)c1c(F)cc(Br)cc1F. The van der Waals surface area contributed by atoms with Crippen molar-refractivity contribution in [3.63, 3.8) is 0 Å². The summed E-state index contributed by atoms with van der Waals surface area (Å²) in [7, 11) is 0. The molecule has 0 saturated carbocycles. The third-order valence-corrected chi connectivity index (χ3v) is 3.98. The highest BCUT2D eigenvalue weighted by atomic mass is 79.9. The fraction of sp³-hybridized carbons (Fsp3) is 0. The average Bonchev–Trinajstić information content (AvgIpc) is 2.34. The highest BCUT2D eigenvalue weighted by molar-refractivity contribution is 9.10. The van der Waals surface area contributed by atoms with Crippen LogP contribution in [0.5, 0.6) is 0 Å². The summed E-state index contributed by atoms with van der Waals surface area (Å²) in [6, 6.07) is 4.57. The molecule has 0 atom stereocenters. The monoisotopic (exact) mass is 413 g/mol. The molecule has 1 N–H and O–H groups in total. The van der Waals surface area contributed by atoms with E-state index in [-0.39, 0.29) is 25.2 Å². The van der Waals surface area contributed by atoms with Gasteiger partial charge < -0.3 is 5.32 Å². The molecular formula is C13H5BrCl3F2NO. The summed E-state index contributed by atoms with van der Waals surface area (Å²) in [5.41, 5.74) is -0.627. The van der Waals surface area contributed by atoms with Gasteiger partial charge in [-0.3, -0.25) is 4.79 Å². The average molecular weight is 415 g/mol. The zero-order valence-corrected chi connectivity index (χ0v) is 13.8. The van der Waals surface area contributed by atoms with Crippen LogP contribution in [0.1, 0.15) is 10.4 Å². The standard InChI is InChI=1S/C13H5BrCl3F2NO/c14-5-1-9(18)12(10(19)2-5)13(21)20-11-4-7(16)6(15)3-8(11)17/h1-4H,(H,20,21). The Bertz CT molecular complexity index is 717. The van der Waals surface area contributed by atoms with Crippen molar-refractivity contribution in [1.82, 2.24) is 0 Å². The van der Waals surface area contributed by atoms with Gasteiger partial charge in [-0.2, -0.15) is 0 Å². The molecule has 2 rings (SSSR count). The van der Waals surface area contributed by atoms with Crippen LogP contribution >= 0.6 is 50.7 Å². The number of carbonyl (C=O) groups excluding carboxylic acids is 1. The number of amides is 1. The van der Waals surface area contributed by atoms with Gasteiger partial charge in [0.25, 0.3) is 5.91 Å². The summed E-state index contributed by atoms with van der Waals surface area (Å²) in [5.74, 6) is -3.00. The minimum Gasteiger partial charge on any atom is -0.320 e. The third-order valence-electron chi connectivity index (χ3n) is 2.49. The van der Waals surface area contributed by atoms with Gasteiger partial charge in [-0.15, -0.1) is 0 Å². The summed E-state index contributed by atoms with van der Waals surface area (Å²) in [5, 5.41) is 2.72. The van der Waals surface area contributed by atoms with Gasteiger partial charge >= 0.3 is 0 Å². The van der Waals surface area contributed by atoms with Crippen molar-refractivity contribution in [1.29, 1.82) is 0 Å². The Balaban J connectivity index is 2.37. The number of carbonyl (C=O) groups is 1. The van der Waals surface area contributed by atoms with Crippen LogP contribution in [0.25, 0.3) is 0 Å². The summed E-state index contributed by atoms with van der Waals surface area (Å²) < 4.78 is 27.6. The second-order valence-corrected chi connectivity index (χ2v) is 6.08. The number of nitrogens with one attached hydrogen (secondary N) is 1. The van der Waals surface area contributed by atoms with Crippen LogP contribution < -0.4 is 5.32 Å². The Morgan fingerprint density at radius 1 is 0.952 bits per heavy atom. The zero-order valence-electron chi connectivity index (χ0n) is 9.99. The molecule has 2 aromatic carbocycles. The summed E-state index contributed by atoms with van der Waals surface area (Å²) in [4.78, 5) is 12.0. The minimum absolute atomic E-state index is 0.0932. The van der Waals surface area contributed by atoms with Gasteiger partial charge in [0, 0.05) is 4.47 Å². The number of hydrogen-bond donors (Lipinski definition) is 1.